The third-order valence-electron chi connectivity index (χ3n) is 1.48. The van der Waals surface area contributed by atoms with Crippen LogP contribution in [0.4, 0.5) is 13.2 Å². The van der Waals surface area contributed by atoms with Crippen molar-refractivity contribution in [1.29, 1.82) is 0 Å². The second-order valence-electron chi connectivity index (χ2n) is 2.95. The van der Waals surface area contributed by atoms with Crippen LogP contribution < -0.4 is 11.5 Å². The van der Waals surface area contributed by atoms with E-state index >= 15 is 0 Å². The van der Waals surface area contributed by atoms with Crippen molar-refractivity contribution >= 4 is 11.9 Å². The van der Waals surface area contributed by atoms with E-state index in [9.17, 15) is 18.0 Å². The minimum absolute atomic E-state index is 0.400. The van der Waals surface area contributed by atoms with Gasteiger partial charge < -0.3 is 16.6 Å². The Labute approximate surface area is 90.6 Å². The predicted molar refractivity (Wildman–Crippen MR) is 50.4 cm³/mol. The van der Waals surface area contributed by atoms with Crippen LogP contribution in [0.25, 0.3) is 0 Å². The molecule has 0 rings (SSSR count). The standard InChI is InChI=1S/C6H14N2O.C2HF3O2/c1-2-3-4-5(7)6(8)9;3-2(4,5)1(6)7/h5H,2-4,7H2,1H3,(H2,8,9);(H,6,7). The van der Waals surface area contributed by atoms with Crippen molar-refractivity contribution in [2.24, 2.45) is 11.5 Å². The number of halogens is 3. The fourth-order valence-corrected chi connectivity index (χ4v) is 0.566. The zero-order valence-corrected chi connectivity index (χ0v) is 8.75. The quantitative estimate of drug-likeness (QED) is 0.673. The van der Waals surface area contributed by atoms with E-state index in [1.807, 2.05) is 6.92 Å². The van der Waals surface area contributed by atoms with Gasteiger partial charge in [0.05, 0.1) is 6.04 Å². The molecular formula is C8H15F3N2O3. The summed E-state index contributed by atoms with van der Waals surface area (Å²) in [5, 5.41) is 7.12. The SMILES string of the molecule is CCCCC(N)C(N)=O.O=C(O)C(F)(F)F. The molecule has 0 aliphatic rings. The summed E-state index contributed by atoms with van der Waals surface area (Å²) in [7, 11) is 0. The highest BCUT2D eigenvalue weighted by Crippen LogP contribution is 2.13. The molecule has 0 heterocycles. The summed E-state index contributed by atoms with van der Waals surface area (Å²) in [4.78, 5) is 19.2. The summed E-state index contributed by atoms with van der Waals surface area (Å²) < 4.78 is 31.7. The number of carboxylic acids is 1. The van der Waals surface area contributed by atoms with Crippen molar-refractivity contribution in [3.05, 3.63) is 0 Å². The van der Waals surface area contributed by atoms with Gasteiger partial charge >= 0.3 is 12.1 Å². The Morgan fingerprint density at radius 1 is 1.38 bits per heavy atom. The van der Waals surface area contributed by atoms with Crippen molar-refractivity contribution in [2.45, 2.75) is 38.4 Å². The fourth-order valence-electron chi connectivity index (χ4n) is 0.566. The molecule has 5 N–H and O–H groups in total. The molecule has 0 aliphatic heterocycles. The zero-order chi connectivity index (χ0) is 13.4. The minimum atomic E-state index is -5.08. The van der Waals surface area contributed by atoms with Crippen LogP contribution in [-0.2, 0) is 9.59 Å². The van der Waals surface area contributed by atoms with Gasteiger partial charge in [-0.2, -0.15) is 13.2 Å². The van der Waals surface area contributed by atoms with Gasteiger partial charge in [0.25, 0.3) is 0 Å². The average molecular weight is 244 g/mol. The van der Waals surface area contributed by atoms with Gasteiger partial charge in [0.1, 0.15) is 0 Å². The van der Waals surface area contributed by atoms with Gasteiger partial charge in [0.15, 0.2) is 0 Å². The minimum Gasteiger partial charge on any atom is -0.475 e. The van der Waals surface area contributed by atoms with Crippen LogP contribution in [0.2, 0.25) is 0 Å². The Bertz CT molecular complexity index is 231. The first-order valence-corrected chi connectivity index (χ1v) is 4.47. The number of unbranched alkanes of at least 4 members (excludes halogenated alkanes) is 1. The summed E-state index contributed by atoms with van der Waals surface area (Å²) >= 11 is 0. The average Bonchev–Trinajstić information content (AvgIpc) is 2.13. The van der Waals surface area contributed by atoms with Crippen LogP contribution in [0.3, 0.4) is 0 Å². The molecule has 0 aromatic rings. The molecule has 0 spiro atoms. The van der Waals surface area contributed by atoms with Crippen molar-refractivity contribution in [1.82, 2.24) is 0 Å². The first kappa shape index (κ1) is 17.1. The maximum atomic E-state index is 10.6. The number of alkyl halides is 3. The predicted octanol–water partition coefficient (Wildman–Crippen LogP) is 0.622. The number of carbonyl (C=O) groups is 2. The van der Waals surface area contributed by atoms with Gasteiger partial charge in [-0.25, -0.2) is 4.79 Å². The number of aliphatic carboxylic acids is 1. The lowest BCUT2D eigenvalue weighted by molar-refractivity contribution is -0.192. The number of carboxylic acid groups (broad SMARTS) is 1. The first-order valence-electron chi connectivity index (χ1n) is 4.47. The molecule has 0 saturated heterocycles. The molecule has 0 fully saturated rings. The maximum Gasteiger partial charge on any atom is 0.490 e. The Hall–Kier alpha value is -1.31. The molecule has 96 valence electrons. The molecule has 0 saturated carbocycles. The Kier molecular flexibility index (Phi) is 8.46. The van der Waals surface area contributed by atoms with Gasteiger partial charge in [-0.05, 0) is 6.42 Å². The lowest BCUT2D eigenvalue weighted by Crippen LogP contribution is -2.36. The number of rotatable bonds is 4. The van der Waals surface area contributed by atoms with Crippen LogP contribution in [-0.4, -0.2) is 29.2 Å². The number of primary amides is 1. The molecule has 0 aromatic carbocycles. The Balaban J connectivity index is 0. The van der Waals surface area contributed by atoms with Crippen LogP contribution in [0.1, 0.15) is 26.2 Å². The Morgan fingerprint density at radius 3 is 1.94 bits per heavy atom. The highest BCUT2D eigenvalue weighted by molar-refractivity contribution is 5.79. The van der Waals surface area contributed by atoms with Crippen LogP contribution in [0.5, 0.6) is 0 Å². The molecule has 0 aliphatic carbocycles. The summed E-state index contributed by atoms with van der Waals surface area (Å²) in [5.74, 6) is -3.16. The summed E-state index contributed by atoms with van der Waals surface area (Å²) in [6.45, 7) is 2.05. The van der Waals surface area contributed by atoms with E-state index in [4.69, 9.17) is 21.4 Å². The number of carbonyl (C=O) groups excluding carboxylic acids is 1. The topological polar surface area (TPSA) is 106 Å². The van der Waals surface area contributed by atoms with Crippen molar-refractivity contribution in [2.75, 3.05) is 0 Å². The number of nitrogens with two attached hydrogens (primary N) is 2. The number of amides is 1. The summed E-state index contributed by atoms with van der Waals surface area (Å²) in [6.07, 6.45) is -2.34. The van der Waals surface area contributed by atoms with Gasteiger partial charge in [-0.1, -0.05) is 19.8 Å². The zero-order valence-electron chi connectivity index (χ0n) is 8.75. The number of hydrogen-bond donors (Lipinski definition) is 3. The molecule has 1 unspecified atom stereocenters. The van der Waals surface area contributed by atoms with Crippen molar-refractivity contribution in [3.8, 4) is 0 Å². The lowest BCUT2D eigenvalue weighted by Gasteiger charge is -2.03. The molecule has 16 heavy (non-hydrogen) atoms. The smallest absolute Gasteiger partial charge is 0.475 e. The molecular weight excluding hydrogens is 229 g/mol. The van der Waals surface area contributed by atoms with E-state index in [2.05, 4.69) is 0 Å². The number of hydrogen-bond acceptors (Lipinski definition) is 3. The van der Waals surface area contributed by atoms with E-state index < -0.39 is 24.1 Å². The molecule has 1 amide bonds. The summed E-state index contributed by atoms with van der Waals surface area (Å²) in [6, 6.07) is -0.440. The van der Waals surface area contributed by atoms with Crippen LogP contribution in [0.15, 0.2) is 0 Å². The molecule has 0 radical (unpaired) electrons. The van der Waals surface area contributed by atoms with Crippen LogP contribution in [0, 0.1) is 0 Å². The maximum absolute atomic E-state index is 10.6. The van der Waals surface area contributed by atoms with E-state index in [1.165, 1.54) is 0 Å². The third kappa shape index (κ3) is 10.8. The molecule has 5 nitrogen and oxygen atoms in total. The molecule has 0 bridgehead atoms. The van der Waals surface area contributed by atoms with Gasteiger partial charge in [0.2, 0.25) is 5.91 Å². The van der Waals surface area contributed by atoms with Gasteiger partial charge in [0, 0.05) is 0 Å². The molecule has 1 atom stereocenters. The normalized spacial score (nSPS) is 12.3. The molecule has 0 aromatic heterocycles. The lowest BCUT2D eigenvalue weighted by atomic mass is 10.1. The van der Waals surface area contributed by atoms with Crippen molar-refractivity contribution < 1.29 is 27.9 Å². The Morgan fingerprint density at radius 2 is 1.75 bits per heavy atom. The van der Waals surface area contributed by atoms with E-state index in [0.717, 1.165) is 12.8 Å². The second-order valence-corrected chi connectivity index (χ2v) is 2.95. The molecule has 8 heteroatoms. The van der Waals surface area contributed by atoms with Crippen LogP contribution >= 0.6 is 0 Å². The largest absolute Gasteiger partial charge is 0.490 e. The first-order chi connectivity index (χ1) is 7.12. The highest BCUT2D eigenvalue weighted by Gasteiger charge is 2.38. The summed E-state index contributed by atoms with van der Waals surface area (Å²) in [5.41, 5.74) is 10.2. The van der Waals surface area contributed by atoms with Gasteiger partial charge in [-0.3, -0.25) is 4.79 Å². The third-order valence-corrected chi connectivity index (χ3v) is 1.48. The monoisotopic (exact) mass is 244 g/mol. The van der Waals surface area contributed by atoms with E-state index in [-0.39, 0.29) is 0 Å². The van der Waals surface area contributed by atoms with Crippen molar-refractivity contribution in [3.63, 3.8) is 0 Å². The van der Waals surface area contributed by atoms with Gasteiger partial charge in [-0.15, -0.1) is 0 Å². The fraction of sp³-hybridized carbons (Fsp3) is 0.750. The highest BCUT2D eigenvalue weighted by atomic mass is 19.4. The van der Waals surface area contributed by atoms with E-state index in [1.54, 1.807) is 0 Å². The van der Waals surface area contributed by atoms with E-state index in [0.29, 0.717) is 6.42 Å². The second kappa shape index (κ2) is 7.91.